The van der Waals surface area contributed by atoms with Gasteiger partial charge in [0.1, 0.15) is 9.96 Å². The van der Waals surface area contributed by atoms with Gasteiger partial charge in [-0.25, -0.2) is 8.42 Å². The minimum Gasteiger partial charge on any atom is -0.508 e. The van der Waals surface area contributed by atoms with Crippen LogP contribution in [0.2, 0.25) is 4.34 Å². The largest absolute Gasteiger partial charge is 0.508 e. The molecule has 1 aromatic carbocycles. The summed E-state index contributed by atoms with van der Waals surface area (Å²) in [5.74, 6) is 0.155. The number of benzene rings is 1. The molecule has 0 unspecified atom stereocenters. The van der Waals surface area contributed by atoms with Gasteiger partial charge in [0.2, 0.25) is 0 Å². The van der Waals surface area contributed by atoms with E-state index in [1.807, 2.05) is 6.07 Å². The molecule has 2 aromatic rings. The number of phenols is 1. The molecule has 0 bridgehead atoms. The van der Waals surface area contributed by atoms with Crippen molar-refractivity contribution in [1.29, 1.82) is 0 Å². The maximum atomic E-state index is 12.5. The van der Waals surface area contributed by atoms with E-state index in [-0.39, 0.29) is 16.5 Å². The number of hydrogen-bond acceptors (Lipinski definition) is 4. The summed E-state index contributed by atoms with van der Waals surface area (Å²) in [4.78, 5) is 0. The van der Waals surface area contributed by atoms with Gasteiger partial charge >= 0.3 is 0 Å². The highest BCUT2D eigenvalue weighted by Gasteiger charge is 2.29. The van der Waals surface area contributed by atoms with Crippen LogP contribution in [0.3, 0.4) is 0 Å². The molecule has 0 radical (unpaired) electrons. The molecule has 0 saturated carbocycles. The van der Waals surface area contributed by atoms with Crippen LogP contribution < -0.4 is 0 Å². The van der Waals surface area contributed by atoms with Crippen molar-refractivity contribution in [1.82, 2.24) is 4.31 Å². The number of fused-ring (bicyclic) bond motifs is 1. The van der Waals surface area contributed by atoms with Gasteiger partial charge in [0, 0.05) is 13.1 Å². The second kappa shape index (κ2) is 5.04. The molecule has 0 aliphatic carbocycles. The lowest BCUT2D eigenvalue weighted by atomic mass is 10.0. The summed E-state index contributed by atoms with van der Waals surface area (Å²) < 4.78 is 27.2. The van der Waals surface area contributed by atoms with Crippen LogP contribution in [0.5, 0.6) is 5.75 Å². The number of halogens is 1. The first-order valence-electron chi connectivity index (χ1n) is 6.03. The number of phenolic OH excluding ortho intramolecular Hbond substituents is 1. The summed E-state index contributed by atoms with van der Waals surface area (Å²) in [5.41, 5.74) is 1.93. The molecule has 1 aliphatic rings. The first kappa shape index (κ1) is 13.9. The molecular weight excluding hydrogens is 318 g/mol. The molecule has 1 aliphatic heterocycles. The maximum Gasteiger partial charge on any atom is 0.252 e. The fourth-order valence-electron chi connectivity index (χ4n) is 2.29. The van der Waals surface area contributed by atoms with Gasteiger partial charge in [-0.05, 0) is 41.8 Å². The van der Waals surface area contributed by atoms with E-state index in [0.717, 1.165) is 22.5 Å². The molecule has 7 heteroatoms. The lowest BCUT2D eigenvalue weighted by Crippen LogP contribution is -2.35. The van der Waals surface area contributed by atoms with Crippen LogP contribution in [-0.2, 0) is 23.0 Å². The van der Waals surface area contributed by atoms with Gasteiger partial charge in [0.15, 0.2) is 0 Å². The zero-order valence-corrected chi connectivity index (χ0v) is 12.8. The second-order valence-electron chi connectivity index (χ2n) is 4.60. The number of thiophene rings is 1. The van der Waals surface area contributed by atoms with Crippen LogP contribution in [0.1, 0.15) is 11.1 Å². The molecule has 0 atom stereocenters. The Bertz CT molecular complexity index is 755. The number of aromatic hydroxyl groups is 1. The maximum absolute atomic E-state index is 12.5. The third-order valence-electron chi connectivity index (χ3n) is 3.31. The van der Waals surface area contributed by atoms with Gasteiger partial charge in [0.05, 0.1) is 4.34 Å². The monoisotopic (exact) mass is 329 g/mol. The standard InChI is InChI=1S/C13H12ClNO3S2/c14-12-3-4-13(19-12)20(17,18)15-6-5-9-1-2-11(16)7-10(9)8-15/h1-4,7,16H,5-6,8H2. The quantitative estimate of drug-likeness (QED) is 0.921. The number of rotatable bonds is 2. The highest BCUT2D eigenvalue weighted by Crippen LogP contribution is 2.31. The Morgan fingerprint density at radius 1 is 1.20 bits per heavy atom. The SMILES string of the molecule is O=S(=O)(c1ccc(Cl)s1)N1CCc2ccc(O)cc2C1. The van der Waals surface area contributed by atoms with Crippen molar-refractivity contribution >= 4 is 33.0 Å². The molecule has 0 amide bonds. The highest BCUT2D eigenvalue weighted by atomic mass is 35.5. The van der Waals surface area contributed by atoms with Crippen molar-refractivity contribution in [2.24, 2.45) is 0 Å². The van der Waals surface area contributed by atoms with E-state index in [9.17, 15) is 13.5 Å². The van der Waals surface area contributed by atoms with Crippen molar-refractivity contribution in [3.63, 3.8) is 0 Å². The summed E-state index contributed by atoms with van der Waals surface area (Å²) in [6.45, 7) is 0.719. The van der Waals surface area contributed by atoms with Gasteiger partial charge in [-0.2, -0.15) is 4.31 Å². The number of nitrogens with zero attached hydrogens (tertiary/aromatic N) is 1. The van der Waals surface area contributed by atoms with E-state index >= 15 is 0 Å². The van der Waals surface area contributed by atoms with E-state index in [1.165, 1.54) is 10.4 Å². The van der Waals surface area contributed by atoms with Crippen LogP contribution >= 0.6 is 22.9 Å². The van der Waals surface area contributed by atoms with Crippen molar-refractivity contribution in [2.45, 2.75) is 17.2 Å². The lowest BCUT2D eigenvalue weighted by molar-refractivity contribution is 0.390. The van der Waals surface area contributed by atoms with Gasteiger partial charge in [-0.1, -0.05) is 17.7 Å². The molecule has 106 valence electrons. The lowest BCUT2D eigenvalue weighted by Gasteiger charge is -2.27. The Hall–Kier alpha value is -1.08. The molecule has 4 nitrogen and oxygen atoms in total. The fraction of sp³-hybridized carbons (Fsp3) is 0.231. The summed E-state index contributed by atoms with van der Waals surface area (Å²) in [6.07, 6.45) is 0.647. The van der Waals surface area contributed by atoms with E-state index < -0.39 is 10.0 Å². The van der Waals surface area contributed by atoms with Crippen molar-refractivity contribution in [2.75, 3.05) is 6.54 Å². The summed E-state index contributed by atoms with van der Waals surface area (Å²) in [5, 5.41) is 9.51. The average molecular weight is 330 g/mol. The van der Waals surface area contributed by atoms with Gasteiger partial charge in [-0.15, -0.1) is 11.3 Å². The topological polar surface area (TPSA) is 57.6 Å². The van der Waals surface area contributed by atoms with E-state index in [2.05, 4.69) is 0 Å². The zero-order valence-electron chi connectivity index (χ0n) is 10.4. The molecule has 0 saturated heterocycles. The Kier molecular flexibility index (Phi) is 3.50. The average Bonchev–Trinajstić information content (AvgIpc) is 2.85. The zero-order chi connectivity index (χ0) is 14.3. The molecule has 1 aromatic heterocycles. The minimum absolute atomic E-state index is 0.155. The third-order valence-corrected chi connectivity index (χ3v) is 6.85. The molecule has 2 heterocycles. The Morgan fingerprint density at radius 3 is 2.70 bits per heavy atom. The third kappa shape index (κ3) is 2.44. The Morgan fingerprint density at radius 2 is 2.00 bits per heavy atom. The predicted octanol–water partition coefficient (Wildman–Crippen LogP) is 2.85. The predicted molar refractivity (Wildman–Crippen MR) is 78.7 cm³/mol. The van der Waals surface area contributed by atoms with Crippen LogP contribution in [0.15, 0.2) is 34.5 Å². The molecular formula is C13H12ClNO3S2. The van der Waals surface area contributed by atoms with Crippen LogP contribution in [0, 0.1) is 0 Å². The van der Waals surface area contributed by atoms with E-state index in [4.69, 9.17) is 11.6 Å². The van der Waals surface area contributed by atoms with Gasteiger partial charge < -0.3 is 5.11 Å². The Labute approximate surface area is 126 Å². The number of hydrogen-bond donors (Lipinski definition) is 1. The molecule has 1 N–H and O–H groups in total. The van der Waals surface area contributed by atoms with Crippen molar-refractivity contribution < 1.29 is 13.5 Å². The molecule has 20 heavy (non-hydrogen) atoms. The van der Waals surface area contributed by atoms with Crippen LogP contribution in [0.25, 0.3) is 0 Å². The summed E-state index contributed by atoms with van der Waals surface area (Å²) >= 11 is 6.87. The highest BCUT2D eigenvalue weighted by molar-refractivity contribution is 7.91. The first-order chi connectivity index (χ1) is 9.46. The molecule has 0 fully saturated rings. The summed E-state index contributed by atoms with van der Waals surface area (Å²) in [6, 6.07) is 8.21. The van der Waals surface area contributed by atoms with Crippen molar-refractivity contribution in [3.8, 4) is 5.75 Å². The van der Waals surface area contributed by atoms with Crippen molar-refractivity contribution in [3.05, 3.63) is 45.8 Å². The van der Waals surface area contributed by atoms with E-state index in [1.54, 1.807) is 18.2 Å². The molecule has 3 rings (SSSR count). The second-order valence-corrected chi connectivity index (χ2v) is 8.48. The Balaban J connectivity index is 1.93. The van der Waals surface area contributed by atoms with Gasteiger partial charge in [0.25, 0.3) is 10.0 Å². The minimum atomic E-state index is -3.51. The normalized spacial score (nSPS) is 16.1. The van der Waals surface area contributed by atoms with E-state index in [0.29, 0.717) is 17.3 Å². The number of sulfonamides is 1. The van der Waals surface area contributed by atoms with Crippen LogP contribution in [0.4, 0.5) is 0 Å². The smallest absolute Gasteiger partial charge is 0.252 e. The molecule has 0 spiro atoms. The fourth-order valence-corrected chi connectivity index (χ4v) is 5.34. The summed E-state index contributed by atoms with van der Waals surface area (Å²) in [7, 11) is -3.51. The first-order valence-corrected chi connectivity index (χ1v) is 8.66. The van der Waals surface area contributed by atoms with Gasteiger partial charge in [-0.3, -0.25) is 0 Å². The van der Waals surface area contributed by atoms with Crippen LogP contribution in [-0.4, -0.2) is 24.4 Å².